The highest BCUT2D eigenvalue weighted by atomic mass is 35.5. The molecule has 0 aliphatic heterocycles. The number of aliphatic hydroxyl groups excluding tert-OH is 1. The summed E-state index contributed by atoms with van der Waals surface area (Å²) in [6, 6.07) is 9.91. The molecule has 0 radical (unpaired) electrons. The summed E-state index contributed by atoms with van der Waals surface area (Å²) in [5.41, 5.74) is 0. The Morgan fingerprint density at radius 1 is 1.33 bits per heavy atom. The Morgan fingerprint density at radius 2 is 2.14 bits per heavy atom. The lowest BCUT2D eigenvalue weighted by Crippen LogP contribution is -2.31. The third kappa shape index (κ3) is 4.51. The highest BCUT2D eigenvalue weighted by Crippen LogP contribution is 2.23. The molecule has 1 heterocycles. The Kier molecular flexibility index (Phi) is 5.66. The van der Waals surface area contributed by atoms with Crippen molar-refractivity contribution >= 4 is 17.5 Å². The second-order valence-corrected chi connectivity index (χ2v) is 4.75. The molecule has 5 nitrogen and oxygen atoms in total. The number of halogens is 1. The molecule has 1 aromatic carbocycles. The van der Waals surface area contributed by atoms with Crippen molar-refractivity contribution in [1.29, 1.82) is 0 Å². The van der Waals surface area contributed by atoms with Crippen molar-refractivity contribution in [3.8, 4) is 5.75 Å². The molecule has 0 fully saturated rings. The third-order valence-electron chi connectivity index (χ3n) is 2.83. The first-order valence-electron chi connectivity index (χ1n) is 6.51. The van der Waals surface area contributed by atoms with Crippen LogP contribution in [0, 0.1) is 0 Å². The molecule has 2 N–H and O–H groups in total. The van der Waals surface area contributed by atoms with Crippen molar-refractivity contribution in [2.24, 2.45) is 0 Å². The van der Waals surface area contributed by atoms with E-state index in [0.717, 1.165) is 0 Å². The van der Waals surface area contributed by atoms with Crippen molar-refractivity contribution < 1.29 is 19.1 Å². The highest BCUT2D eigenvalue weighted by molar-refractivity contribution is 6.32. The monoisotopic (exact) mass is 309 g/mol. The van der Waals surface area contributed by atoms with Gasteiger partial charge in [0.2, 0.25) is 5.91 Å². The van der Waals surface area contributed by atoms with E-state index < -0.39 is 6.04 Å². The quantitative estimate of drug-likeness (QED) is 0.824. The summed E-state index contributed by atoms with van der Waals surface area (Å²) >= 11 is 5.94. The lowest BCUT2D eigenvalue weighted by atomic mass is 10.2. The van der Waals surface area contributed by atoms with Gasteiger partial charge in [-0.15, -0.1) is 0 Å². The van der Waals surface area contributed by atoms with E-state index in [1.807, 2.05) is 0 Å². The molecule has 0 spiro atoms. The van der Waals surface area contributed by atoms with Crippen LogP contribution in [0.25, 0.3) is 0 Å². The summed E-state index contributed by atoms with van der Waals surface area (Å²) in [7, 11) is 0. The summed E-state index contributed by atoms with van der Waals surface area (Å²) in [5.74, 6) is 0.812. The summed E-state index contributed by atoms with van der Waals surface area (Å²) in [5, 5.41) is 12.4. The number of nitrogens with one attached hydrogen (secondary N) is 1. The number of aliphatic hydroxyl groups is 1. The van der Waals surface area contributed by atoms with Gasteiger partial charge in [0.25, 0.3) is 0 Å². The maximum atomic E-state index is 11.8. The predicted molar refractivity (Wildman–Crippen MR) is 78.2 cm³/mol. The van der Waals surface area contributed by atoms with E-state index in [4.69, 9.17) is 20.8 Å². The minimum Gasteiger partial charge on any atom is -0.491 e. The first-order valence-corrected chi connectivity index (χ1v) is 6.89. The summed E-state index contributed by atoms with van der Waals surface area (Å²) in [4.78, 5) is 11.8. The predicted octanol–water partition coefficient (Wildman–Crippen LogP) is 2.55. The third-order valence-corrected chi connectivity index (χ3v) is 3.14. The molecule has 6 heteroatoms. The maximum Gasteiger partial charge on any atom is 0.224 e. The zero-order valence-corrected chi connectivity index (χ0v) is 12.0. The number of hydrogen-bond donors (Lipinski definition) is 2. The molecule has 112 valence electrons. The van der Waals surface area contributed by atoms with Crippen LogP contribution in [0.3, 0.4) is 0 Å². The number of hydrogen-bond acceptors (Lipinski definition) is 4. The van der Waals surface area contributed by atoms with Crippen LogP contribution in [-0.4, -0.2) is 24.2 Å². The van der Waals surface area contributed by atoms with Gasteiger partial charge in [-0.05, 0) is 24.3 Å². The molecule has 1 aromatic heterocycles. The molecule has 0 bridgehead atoms. The fourth-order valence-corrected chi connectivity index (χ4v) is 1.97. The smallest absolute Gasteiger partial charge is 0.224 e. The molecule has 2 aromatic rings. The number of amides is 1. The fourth-order valence-electron chi connectivity index (χ4n) is 1.78. The second kappa shape index (κ2) is 7.71. The molecule has 21 heavy (non-hydrogen) atoms. The van der Waals surface area contributed by atoms with Crippen LogP contribution < -0.4 is 10.1 Å². The van der Waals surface area contributed by atoms with Crippen LogP contribution in [-0.2, 0) is 4.79 Å². The molecular weight excluding hydrogens is 294 g/mol. The first kappa shape index (κ1) is 15.4. The number of carbonyl (C=O) groups is 1. The van der Waals surface area contributed by atoms with E-state index >= 15 is 0 Å². The highest BCUT2D eigenvalue weighted by Gasteiger charge is 2.16. The van der Waals surface area contributed by atoms with Gasteiger partial charge in [-0.1, -0.05) is 23.7 Å². The van der Waals surface area contributed by atoms with Crippen LogP contribution in [0.2, 0.25) is 5.02 Å². The van der Waals surface area contributed by atoms with Gasteiger partial charge in [0, 0.05) is 0 Å². The molecule has 0 saturated carbocycles. The van der Waals surface area contributed by atoms with Crippen molar-refractivity contribution in [3.05, 3.63) is 53.4 Å². The Morgan fingerprint density at radius 3 is 2.81 bits per heavy atom. The number of carbonyl (C=O) groups excluding carboxylic acids is 1. The molecule has 1 unspecified atom stereocenters. The Bertz CT molecular complexity index is 571. The van der Waals surface area contributed by atoms with E-state index in [1.165, 1.54) is 6.26 Å². The van der Waals surface area contributed by atoms with E-state index in [1.54, 1.807) is 36.4 Å². The van der Waals surface area contributed by atoms with Gasteiger partial charge in [-0.25, -0.2) is 0 Å². The van der Waals surface area contributed by atoms with E-state index in [0.29, 0.717) is 16.5 Å². The number of benzene rings is 1. The standard InChI is InChI=1S/C15H16ClNO4/c16-11-4-1-2-5-13(11)21-9-7-15(19)17-12(10-18)14-6-3-8-20-14/h1-6,8,12,18H,7,9-10H2,(H,17,19). The van der Waals surface area contributed by atoms with E-state index in [-0.39, 0.29) is 25.5 Å². The van der Waals surface area contributed by atoms with E-state index in [2.05, 4.69) is 5.32 Å². The number of rotatable bonds is 7. The average molecular weight is 310 g/mol. The molecule has 0 aliphatic rings. The minimum absolute atomic E-state index is 0.155. The maximum absolute atomic E-state index is 11.8. The van der Waals surface area contributed by atoms with Crippen LogP contribution in [0.5, 0.6) is 5.75 Å². The summed E-state index contributed by atoms with van der Waals surface area (Å²) < 4.78 is 10.6. The normalized spacial score (nSPS) is 11.9. The number of para-hydroxylation sites is 1. The van der Waals surface area contributed by atoms with Crippen molar-refractivity contribution in [2.45, 2.75) is 12.5 Å². The Balaban J connectivity index is 1.78. The molecule has 0 aliphatic carbocycles. The van der Waals surface area contributed by atoms with Gasteiger partial charge >= 0.3 is 0 Å². The Labute approximate surface area is 127 Å². The van der Waals surface area contributed by atoms with Crippen molar-refractivity contribution in [2.75, 3.05) is 13.2 Å². The molecule has 1 atom stereocenters. The zero-order chi connectivity index (χ0) is 15.1. The van der Waals surface area contributed by atoms with Gasteiger partial charge < -0.3 is 19.6 Å². The lowest BCUT2D eigenvalue weighted by molar-refractivity contribution is -0.122. The summed E-state index contributed by atoms with van der Waals surface area (Å²) in [6.45, 7) is -0.0313. The van der Waals surface area contributed by atoms with Crippen molar-refractivity contribution in [1.82, 2.24) is 5.32 Å². The largest absolute Gasteiger partial charge is 0.491 e. The molecule has 1 amide bonds. The topological polar surface area (TPSA) is 71.7 Å². The molecule has 2 rings (SSSR count). The Hall–Kier alpha value is -1.98. The van der Waals surface area contributed by atoms with Gasteiger partial charge in [-0.2, -0.15) is 0 Å². The van der Waals surface area contributed by atoms with Gasteiger partial charge in [0.1, 0.15) is 17.6 Å². The van der Waals surface area contributed by atoms with E-state index in [9.17, 15) is 9.90 Å². The SMILES string of the molecule is O=C(CCOc1ccccc1Cl)NC(CO)c1ccco1. The second-order valence-electron chi connectivity index (χ2n) is 4.35. The lowest BCUT2D eigenvalue weighted by Gasteiger charge is -2.14. The number of ether oxygens (including phenoxy) is 1. The molecule has 0 saturated heterocycles. The van der Waals surface area contributed by atoms with Gasteiger partial charge in [0.05, 0.1) is 30.9 Å². The average Bonchev–Trinajstić information content (AvgIpc) is 3.01. The van der Waals surface area contributed by atoms with Crippen molar-refractivity contribution in [3.63, 3.8) is 0 Å². The first-order chi connectivity index (χ1) is 10.2. The minimum atomic E-state index is -0.548. The van der Waals surface area contributed by atoms with Gasteiger partial charge in [-0.3, -0.25) is 4.79 Å². The number of furan rings is 1. The van der Waals surface area contributed by atoms with Crippen LogP contribution in [0.15, 0.2) is 47.1 Å². The summed E-state index contributed by atoms with van der Waals surface area (Å²) in [6.07, 6.45) is 1.65. The van der Waals surface area contributed by atoms with Crippen LogP contribution in [0.1, 0.15) is 18.2 Å². The van der Waals surface area contributed by atoms with Gasteiger partial charge in [0.15, 0.2) is 0 Å². The van der Waals surface area contributed by atoms with Crippen LogP contribution >= 0.6 is 11.6 Å². The molecular formula is C15H16ClNO4. The zero-order valence-electron chi connectivity index (χ0n) is 11.3. The van der Waals surface area contributed by atoms with Crippen LogP contribution in [0.4, 0.5) is 0 Å². The fraction of sp³-hybridized carbons (Fsp3) is 0.267.